The van der Waals surface area contributed by atoms with Crippen molar-refractivity contribution in [2.24, 2.45) is 0 Å². The zero-order valence-corrected chi connectivity index (χ0v) is 36.6. The molecule has 4 rings (SSSR count). The summed E-state index contributed by atoms with van der Waals surface area (Å²) in [6.45, 7) is 11.9. The second-order valence-electron chi connectivity index (χ2n) is 15.0. The molecule has 0 aromatic heterocycles. The third kappa shape index (κ3) is 15.5. The third-order valence-corrected chi connectivity index (χ3v) is 9.38. The average molecular weight is 897 g/mol. The molecule has 0 radical (unpaired) electrons. The van der Waals surface area contributed by atoms with E-state index in [4.69, 9.17) is 37.9 Å². The number of carbonyl (C=O) groups is 6. The SMILES string of the molecule is C=C(C)C(=O)OCCOC(=O)c1ccccc1C(=O)OCC(O)COc1ccc(C(C)(C)c2ccc(OCC(O)COC(=O)c3ccccc3C(=O)OCCOC(=O)C(=C)C)cc2)cc1. The highest BCUT2D eigenvalue weighted by molar-refractivity contribution is 6.04. The fourth-order valence-corrected chi connectivity index (χ4v) is 5.70. The lowest BCUT2D eigenvalue weighted by atomic mass is 9.78. The van der Waals surface area contributed by atoms with E-state index in [0.29, 0.717) is 11.5 Å². The Hall–Kier alpha value is -7.30. The van der Waals surface area contributed by atoms with Crippen LogP contribution in [0.2, 0.25) is 0 Å². The molecular weight excluding hydrogens is 845 g/mol. The highest BCUT2D eigenvalue weighted by Crippen LogP contribution is 2.33. The van der Waals surface area contributed by atoms with Crippen LogP contribution in [-0.4, -0.2) is 111 Å². The molecule has 16 nitrogen and oxygen atoms in total. The molecule has 0 heterocycles. The van der Waals surface area contributed by atoms with E-state index in [9.17, 15) is 39.0 Å². The van der Waals surface area contributed by atoms with Gasteiger partial charge in [-0.05, 0) is 73.5 Å². The van der Waals surface area contributed by atoms with Gasteiger partial charge < -0.3 is 48.1 Å². The molecule has 16 heteroatoms. The van der Waals surface area contributed by atoms with Crippen molar-refractivity contribution in [2.45, 2.75) is 45.3 Å². The Morgan fingerprint density at radius 2 is 0.754 bits per heavy atom. The molecule has 4 aromatic carbocycles. The van der Waals surface area contributed by atoms with Gasteiger partial charge in [-0.2, -0.15) is 0 Å². The Kier molecular flexibility index (Phi) is 19.0. The molecule has 0 saturated carbocycles. The van der Waals surface area contributed by atoms with Crippen LogP contribution in [0.15, 0.2) is 121 Å². The first-order chi connectivity index (χ1) is 31.0. The molecule has 0 fully saturated rings. The molecular formula is C49H52O16. The van der Waals surface area contributed by atoms with Crippen LogP contribution < -0.4 is 9.47 Å². The van der Waals surface area contributed by atoms with Gasteiger partial charge in [-0.25, -0.2) is 28.8 Å². The highest BCUT2D eigenvalue weighted by atomic mass is 16.6. The van der Waals surface area contributed by atoms with Crippen LogP contribution in [0.5, 0.6) is 11.5 Å². The van der Waals surface area contributed by atoms with Crippen molar-refractivity contribution in [3.63, 3.8) is 0 Å². The molecule has 4 aromatic rings. The summed E-state index contributed by atoms with van der Waals surface area (Å²) < 4.78 is 42.0. The third-order valence-electron chi connectivity index (χ3n) is 9.38. The highest BCUT2D eigenvalue weighted by Gasteiger charge is 2.25. The minimum Gasteiger partial charge on any atom is -0.491 e. The van der Waals surface area contributed by atoms with Crippen LogP contribution in [0.3, 0.4) is 0 Å². The monoisotopic (exact) mass is 896 g/mol. The summed E-state index contributed by atoms with van der Waals surface area (Å²) in [4.78, 5) is 73.8. The number of hydrogen-bond acceptors (Lipinski definition) is 16. The summed E-state index contributed by atoms with van der Waals surface area (Å²) in [6.07, 6.45) is -2.37. The van der Waals surface area contributed by atoms with Gasteiger partial charge in [0.05, 0.1) is 22.3 Å². The van der Waals surface area contributed by atoms with Gasteiger partial charge in [0.25, 0.3) is 0 Å². The lowest BCUT2D eigenvalue weighted by molar-refractivity contribution is -0.140. The van der Waals surface area contributed by atoms with Crippen molar-refractivity contribution >= 4 is 35.8 Å². The Bertz CT molecular complexity index is 2150. The predicted octanol–water partition coefficient (Wildman–Crippen LogP) is 5.76. The van der Waals surface area contributed by atoms with Crippen molar-refractivity contribution in [1.82, 2.24) is 0 Å². The van der Waals surface area contributed by atoms with Crippen LogP contribution in [0, 0.1) is 0 Å². The van der Waals surface area contributed by atoms with Crippen LogP contribution >= 0.6 is 0 Å². The molecule has 0 aliphatic rings. The summed E-state index contributed by atoms with van der Waals surface area (Å²) in [5.41, 5.74) is 1.60. The first-order valence-corrected chi connectivity index (χ1v) is 20.3. The maximum absolute atomic E-state index is 12.8. The maximum Gasteiger partial charge on any atom is 0.339 e. The van der Waals surface area contributed by atoms with E-state index in [2.05, 4.69) is 13.2 Å². The Labute approximate surface area is 376 Å². The van der Waals surface area contributed by atoms with Gasteiger partial charge in [0.2, 0.25) is 0 Å². The number of ether oxygens (including phenoxy) is 8. The van der Waals surface area contributed by atoms with Gasteiger partial charge in [0.1, 0.15) is 76.6 Å². The van der Waals surface area contributed by atoms with E-state index in [1.807, 2.05) is 38.1 Å². The number of esters is 6. The number of rotatable bonds is 24. The van der Waals surface area contributed by atoms with E-state index in [1.165, 1.54) is 38.1 Å². The fourth-order valence-electron chi connectivity index (χ4n) is 5.70. The summed E-state index contributed by atoms with van der Waals surface area (Å²) in [6, 6.07) is 26.3. The molecule has 65 heavy (non-hydrogen) atoms. The lowest BCUT2D eigenvalue weighted by Crippen LogP contribution is -2.26. The molecule has 2 atom stereocenters. The molecule has 0 spiro atoms. The quantitative estimate of drug-likeness (QED) is 0.0370. The van der Waals surface area contributed by atoms with Crippen molar-refractivity contribution in [3.05, 3.63) is 155 Å². The number of aliphatic hydroxyl groups is 2. The topological polar surface area (TPSA) is 217 Å². The summed E-state index contributed by atoms with van der Waals surface area (Å²) in [7, 11) is 0. The van der Waals surface area contributed by atoms with Crippen molar-refractivity contribution in [3.8, 4) is 11.5 Å². The first-order valence-electron chi connectivity index (χ1n) is 20.3. The van der Waals surface area contributed by atoms with Gasteiger partial charge in [0.15, 0.2) is 0 Å². The number of hydrogen-bond donors (Lipinski definition) is 2. The second kappa shape index (κ2) is 24.5. The van der Waals surface area contributed by atoms with E-state index < -0.39 is 66.7 Å². The molecule has 0 bridgehead atoms. The van der Waals surface area contributed by atoms with Gasteiger partial charge in [0, 0.05) is 16.6 Å². The van der Waals surface area contributed by atoms with Crippen molar-refractivity contribution in [2.75, 3.05) is 52.9 Å². The standard InChI is InChI=1S/C49H52O16/c1-31(2)43(52)58-23-25-60-45(54)39-11-7-9-13-41(39)47(56)64-29-35(50)27-62-37-19-15-33(16-20-37)49(5,6)34-17-21-38(22-18-34)63-28-36(51)30-65-48(57)42-14-10-8-12-40(42)46(55)61-26-24-59-44(53)32(3)4/h7-22,35-36,50-51H,1,3,23-30H2,2,4-6H3. The minimum absolute atomic E-state index is 0.0570. The van der Waals surface area contributed by atoms with E-state index in [-0.39, 0.29) is 73.0 Å². The zero-order valence-electron chi connectivity index (χ0n) is 36.6. The van der Waals surface area contributed by atoms with Gasteiger partial charge in [-0.1, -0.05) is 75.5 Å². The average Bonchev–Trinajstić information content (AvgIpc) is 3.31. The number of carbonyl (C=O) groups excluding carboxylic acids is 6. The Morgan fingerprint density at radius 3 is 1.06 bits per heavy atom. The summed E-state index contributed by atoms with van der Waals surface area (Å²) >= 11 is 0. The lowest BCUT2D eigenvalue weighted by Gasteiger charge is -2.26. The molecule has 2 unspecified atom stereocenters. The Morgan fingerprint density at radius 1 is 0.462 bits per heavy atom. The molecule has 0 amide bonds. The maximum atomic E-state index is 12.8. The fraction of sp³-hybridized carbons (Fsp3) is 0.306. The number of aliphatic hydroxyl groups excluding tert-OH is 2. The van der Waals surface area contributed by atoms with Gasteiger partial charge in [-0.3, -0.25) is 0 Å². The normalized spacial score (nSPS) is 11.8. The van der Waals surface area contributed by atoms with Gasteiger partial charge in [-0.15, -0.1) is 0 Å². The van der Waals surface area contributed by atoms with Crippen LogP contribution in [0.4, 0.5) is 0 Å². The molecule has 0 aliphatic heterocycles. The summed E-state index contributed by atoms with van der Waals surface area (Å²) in [5, 5.41) is 21.0. The van der Waals surface area contributed by atoms with Crippen molar-refractivity contribution in [1.29, 1.82) is 0 Å². The zero-order chi connectivity index (χ0) is 47.5. The van der Waals surface area contributed by atoms with Crippen molar-refractivity contribution < 1.29 is 76.9 Å². The van der Waals surface area contributed by atoms with E-state index in [1.54, 1.807) is 48.5 Å². The van der Waals surface area contributed by atoms with Crippen LogP contribution in [-0.2, 0) is 43.4 Å². The van der Waals surface area contributed by atoms with Gasteiger partial charge >= 0.3 is 35.8 Å². The largest absolute Gasteiger partial charge is 0.491 e. The molecule has 344 valence electrons. The molecule has 0 aliphatic carbocycles. The second-order valence-corrected chi connectivity index (χ2v) is 15.0. The van der Waals surface area contributed by atoms with Crippen LogP contribution in [0.25, 0.3) is 0 Å². The minimum atomic E-state index is -1.19. The first kappa shape index (κ1) is 50.3. The van der Waals surface area contributed by atoms with E-state index in [0.717, 1.165) is 11.1 Å². The molecule has 0 saturated heterocycles. The number of benzene rings is 4. The predicted molar refractivity (Wildman–Crippen MR) is 234 cm³/mol. The summed E-state index contributed by atoms with van der Waals surface area (Å²) in [5.74, 6) is -3.65. The molecule has 2 N–H and O–H groups in total. The van der Waals surface area contributed by atoms with E-state index >= 15 is 0 Å². The Balaban J connectivity index is 1.19. The van der Waals surface area contributed by atoms with Crippen LogP contribution in [0.1, 0.15) is 80.3 Å². The smallest absolute Gasteiger partial charge is 0.339 e.